The summed E-state index contributed by atoms with van der Waals surface area (Å²) in [5.74, 6) is -0.819. The first-order chi connectivity index (χ1) is 12.0. The topological polar surface area (TPSA) is 105 Å². The van der Waals surface area contributed by atoms with Crippen molar-refractivity contribution in [3.8, 4) is 11.5 Å². The summed E-state index contributed by atoms with van der Waals surface area (Å²) in [6.07, 6.45) is 2.22. The monoisotopic (exact) mass is 348 g/mol. The standard InChI is InChI=1S/C17H20N2O6/c1-3-7-19-16(22)12(18-17(19)23)8-11-5-6-13(25-10-15(20)21)14(9-11)24-4-2/h5-6,8-9H,3-4,7,10H2,1-2H3,(H,18,23)(H,20,21)/b12-8+. The minimum absolute atomic E-state index is 0.181. The van der Waals surface area contributed by atoms with Crippen LogP contribution >= 0.6 is 0 Å². The molecule has 0 unspecified atom stereocenters. The molecule has 2 rings (SSSR count). The Morgan fingerprint density at radius 3 is 2.64 bits per heavy atom. The van der Waals surface area contributed by atoms with Crippen molar-refractivity contribution in [3.63, 3.8) is 0 Å². The van der Waals surface area contributed by atoms with Gasteiger partial charge in [0.15, 0.2) is 18.1 Å². The summed E-state index contributed by atoms with van der Waals surface area (Å²) < 4.78 is 10.6. The number of nitrogens with one attached hydrogen (secondary N) is 1. The number of rotatable bonds is 8. The molecule has 1 heterocycles. The van der Waals surface area contributed by atoms with Crippen LogP contribution in [0.2, 0.25) is 0 Å². The Balaban J connectivity index is 2.24. The Labute approximate surface area is 145 Å². The van der Waals surface area contributed by atoms with Gasteiger partial charge in [-0.3, -0.25) is 9.69 Å². The maximum absolute atomic E-state index is 12.2. The van der Waals surface area contributed by atoms with E-state index in [1.165, 1.54) is 0 Å². The number of carbonyl (C=O) groups is 3. The Morgan fingerprint density at radius 2 is 2.00 bits per heavy atom. The summed E-state index contributed by atoms with van der Waals surface area (Å²) in [6.45, 7) is 3.90. The molecule has 0 radical (unpaired) electrons. The van der Waals surface area contributed by atoms with Gasteiger partial charge in [-0.1, -0.05) is 13.0 Å². The summed E-state index contributed by atoms with van der Waals surface area (Å²) in [7, 11) is 0. The largest absolute Gasteiger partial charge is 0.490 e. The third-order valence-electron chi connectivity index (χ3n) is 3.34. The van der Waals surface area contributed by atoms with Gasteiger partial charge in [0, 0.05) is 6.54 Å². The average Bonchev–Trinajstić information content (AvgIpc) is 2.82. The minimum Gasteiger partial charge on any atom is -0.490 e. The summed E-state index contributed by atoms with van der Waals surface area (Å²) in [5, 5.41) is 11.2. The van der Waals surface area contributed by atoms with Crippen LogP contribution < -0.4 is 14.8 Å². The molecule has 8 heteroatoms. The second-order valence-corrected chi connectivity index (χ2v) is 5.27. The van der Waals surface area contributed by atoms with Crippen molar-refractivity contribution in [1.29, 1.82) is 0 Å². The lowest BCUT2D eigenvalue weighted by Crippen LogP contribution is -2.31. The number of aliphatic carboxylic acids is 1. The van der Waals surface area contributed by atoms with E-state index in [2.05, 4.69) is 5.32 Å². The van der Waals surface area contributed by atoms with E-state index in [1.807, 2.05) is 6.92 Å². The first kappa shape index (κ1) is 18.3. The first-order valence-corrected chi connectivity index (χ1v) is 7.92. The number of amides is 3. The third-order valence-corrected chi connectivity index (χ3v) is 3.34. The van der Waals surface area contributed by atoms with E-state index in [0.717, 1.165) is 4.90 Å². The molecule has 1 aromatic carbocycles. The van der Waals surface area contributed by atoms with Gasteiger partial charge in [-0.2, -0.15) is 0 Å². The number of hydrogen-bond donors (Lipinski definition) is 2. The summed E-state index contributed by atoms with van der Waals surface area (Å²) >= 11 is 0. The van der Waals surface area contributed by atoms with E-state index < -0.39 is 18.6 Å². The van der Waals surface area contributed by atoms with Crippen LogP contribution in [0, 0.1) is 0 Å². The van der Waals surface area contributed by atoms with Crippen LogP contribution in [0.25, 0.3) is 6.08 Å². The lowest BCUT2D eigenvalue weighted by Gasteiger charge is -2.11. The number of benzene rings is 1. The van der Waals surface area contributed by atoms with Crippen molar-refractivity contribution >= 4 is 24.0 Å². The SMILES string of the molecule is CCCN1C(=O)N/C(=C/c2ccc(OCC(=O)O)c(OCC)c2)C1=O. The molecule has 0 atom stereocenters. The summed E-state index contributed by atoms with van der Waals surface area (Å²) in [4.78, 5) is 35.8. The van der Waals surface area contributed by atoms with Crippen LogP contribution in [0.3, 0.4) is 0 Å². The van der Waals surface area contributed by atoms with Gasteiger partial charge in [-0.15, -0.1) is 0 Å². The van der Waals surface area contributed by atoms with Crippen LogP contribution in [0.15, 0.2) is 23.9 Å². The van der Waals surface area contributed by atoms with E-state index in [0.29, 0.717) is 36.6 Å². The highest BCUT2D eigenvalue weighted by atomic mass is 16.5. The molecule has 0 saturated carbocycles. The van der Waals surface area contributed by atoms with Crippen LogP contribution in [0.4, 0.5) is 4.79 Å². The quantitative estimate of drug-likeness (QED) is 0.549. The molecular weight excluding hydrogens is 328 g/mol. The van der Waals surface area contributed by atoms with E-state index in [1.54, 1.807) is 31.2 Å². The highest BCUT2D eigenvalue weighted by Crippen LogP contribution is 2.29. The van der Waals surface area contributed by atoms with E-state index >= 15 is 0 Å². The van der Waals surface area contributed by atoms with E-state index in [-0.39, 0.29) is 11.6 Å². The Morgan fingerprint density at radius 1 is 1.24 bits per heavy atom. The second-order valence-electron chi connectivity index (χ2n) is 5.27. The molecule has 134 valence electrons. The smallest absolute Gasteiger partial charge is 0.341 e. The fourth-order valence-corrected chi connectivity index (χ4v) is 2.31. The Kier molecular flexibility index (Phi) is 5.99. The first-order valence-electron chi connectivity index (χ1n) is 7.92. The molecule has 1 aromatic rings. The number of ether oxygens (including phenoxy) is 2. The zero-order valence-electron chi connectivity index (χ0n) is 14.1. The molecule has 0 bridgehead atoms. The zero-order chi connectivity index (χ0) is 18.4. The van der Waals surface area contributed by atoms with Crippen LogP contribution in [-0.4, -0.2) is 47.7 Å². The number of hydrogen-bond acceptors (Lipinski definition) is 5. The molecule has 8 nitrogen and oxygen atoms in total. The summed E-state index contributed by atoms with van der Waals surface area (Å²) in [6, 6.07) is 4.39. The van der Waals surface area contributed by atoms with Crippen molar-refractivity contribution in [1.82, 2.24) is 10.2 Å². The molecule has 0 aromatic heterocycles. The van der Waals surface area contributed by atoms with Crippen molar-refractivity contribution in [2.75, 3.05) is 19.8 Å². The molecule has 1 saturated heterocycles. The zero-order valence-corrected chi connectivity index (χ0v) is 14.1. The number of nitrogens with zero attached hydrogens (tertiary/aromatic N) is 1. The van der Waals surface area contributed by atoms with Crippen LogP contribution in [-0.2, 0) is 9.59 Å². The Hall–Kier alpha value is -3.03. The number of urea groups is 1. The maximum atomic E-state index is 12.2. The molecule has 1 aliphatic rings. The van der Waals surface area contributed by atoms with Crippen molar-refractivity contribution in [2.24, 2.45) is 0 Å². The van der Waals surface area contributed by atoms with Crippen molar-refractivity contribution in [2.45, 2.75) is 20.3 Å². The predicted octanol–water partition coefficient (Wildman–Crippen LogP) is 1.85. The Bertz CT molecular complexity index is 713. The van der Waals surface area contributed by atoms with E-state index in [4.69, 9.17) is 14.6 Å². The van der Waals surface area contributed by atoms with Crippen molar-refractivity contribution in [3.05, 3.63) is 29.5 Å². The molecular formula is C17H20N2O6. The molecule has 3 amide bonds. The van der Waals surface area contributed by atoms with Crippen LogP contribution in [0.1, 0.15) is 25.8 Å². The molecule has 2 N–H and O–H groups in total. The van der Waals surface area contributed by atoms with Gasteiger partial charge in [0.2, 0.25) is 0 Å². The minimum atomic E-state index is -1.09. The number of carboxylic acids is 1. The third kappa shape index (κ3) is 4.50. The average molecular weight is 348 g/mol. The molecule has 1 fully saturated rings. The van der Waals surface area contributed by atoms with Crippen LogP contribution in [0.5, 0.6) is 11.5 Å². The van der Waals surface area contributed by atoms with Gasteiger partial charge in [0.25, 0.3) is 5.91 Å². The van der Waals surface area contributed by atoms with Gasteiger partial charge >= 0.3 is 12.0 Å². The van der Waals surface area contributed by atoms with Gasteiger partial charge in [-0.05, 0) is 37.1 Å². The number of imide groups is 1. The lowest BCUT2D eigenvalue weighted by atomic mass is 10.1. The molecule has 0 spiro atoms. The van der Waals surface area contributed by atoms with Gasteiger partial charge in [0.1, 0.15) is 5.70 Å². The normalized spacial score (nSPS) is 15.4. The fraction of sp³-hybridized carbons (Fsp3) is 0.353. The second kappa shape index (κ2) is 8.18. The number of carbonyl (C=O) groups excluding carboxylic acids is 2. The summed E-state index contributed by atoms with van der Waals surface area (Å²) in [5.41, 5.74) is 0.799. The maximum Gasteiger partial charge on any atom is 0.341 e. The fourth-order valence-electron chi connectivity index (χ4n) is 2.31. The van der Waals surface area contributed by atoms with Gasteiger partial charge < -0.3 is 19.9 Å². The lowest BCUT2D eigenvalue weighted by molar-refractivity contribution is -0.139. The molecule has 1 aliphatic heterocycles. The van der Waals surface area contributed by atoms with Crippen molar-refractivity contribution < 1.29 is 29.0 Å². The highest BCUT2D eigenvalue weighted by Gasteiger charge is 2.32. The predicted molar refractivity (Wildman–Crippen MR) is 89.3 cm³/mol. The molecule has 0 aliphatic carbocycles. The van der Waals surface area contributed by atoms with Gasteiger partial charge in [-0.25, -0.2) is 9.59 Å². The van der Waals surface area contributed by atoms with Gasteiger partial charge in [0.05, 0.1) is 6.61 Å². The number of carboxylic acid groups (broad SMARTS) is 1. The highest BCUT2D eigenvalue weighted by molar-refractivity contribution is 6.13. The van der Waals surface area contributed by atoms with E-state index in [9.17, 15) is 14.4 Å². The molecule has 25 heavy (non-hydrogen) atoms.